The number of benzene rings is 1. The number of carbonyl (C=O) groups is 1. The fraction of sp³-hybridized carbons (Fsp3) is 0.588. The van der Waals surface area contributed by atoms with Crippen LogP contribution in [0.5, 0.6) is 5.75 Å². The first kappa shape index (κ1) is 17.7. The van der Waals surface area contributed by atoms with Crippen molar-refractivity contribution in [2.45, 2.75) is 37.5 Å². The Kier molecular flexibility index (Phi) is 4.94. The van der Waals surface area contributed by atoms with Crippen molar-refractivity contribution in [2.24, 2.45) is 5.41 Å². The number of fused-ring (bicyclic) bond motifs is 1. The smallest absolute Gasteiger partial charge is 0.312 e. The van der Waals surface area contributed by atoms with Gasteiger partial charge in [0, 0.05) is 18.1 Å². The number of ether oxygens (including phenoxy) is 2. The Bertz CT molecular complexity index is 605. The van der Waals surface area contributed by atoms with E-state index in [1.165, 1.54) is 14.2 Å². The summed E-state index contributed by atoms with van der Waals surface area (Å²) in [5, 5.41) is 7.00. The van der Waals surface area contributed by atoms with Crippen molar-refractivity contribution < 1.29 is 28.2 Å². The van der Waals surface area contributed by atoms with E-state index in [4.69, 9.17) is 14.6 Å². The van der Waals surface area contributed by atoms with Gasteiger partial charge in [0.25, 0.3) is 0 Å². The molecule has 0 aliphatic heterocycles. The minimum Gasteiger partial charge on any atom is -0.493 e. The monoisotopic (exact) mass is 328 g/mol. The molecule has 0 heterocycles. The maximum Gasteiger partial charge on any atom is 0.312 e. The minimum atomic E-state index is -0.986. The molecular formula is C17H22F2O4. The van der Waals surface area contributed by atoms with Crippen LogP contribution in [0.1, 0.15) is 37.7 Å². The van der Waals surface area contributed by atoms with Crippen molar-refractivity contribution in [3.63, 3.8) is 0 Å². The summed E-state index contributed by atoms with van der Waals surface area (Å²) in [4.78, 5) is 12.2. The van der Waals surface area contributed by atoms with Crippen LogP contribution >= 0.6 is 0 Å². The molecule has 0 spiro atoms. The van der Waals surface area contributed by atoms with Crippen LogP contribution in [-0.2, 0) is 14.9 Å². The van der Waals surface area contributed by atoms with Crippen molar-refractivity contribution in [1.82, 2.24) is 0 Å². The summed E-state index contributed by atoms with van der Waals surface area (Å²) in [6, 6.07) is 2.66. The van der Waals surface area contributed by atoms with Crippen molar-refractivity contribution in [1.29, 1.82) is 0 Å². The van der Waals surface area contributed by atoms with Gasteiger partial charge in [-0.3, -0.25) is 4.79 Å². The molecule has 2 fully saturated rings. The highest BCUT2D eigenvalue weighted by molar-refractivity contribution is 5.85. The lowest BCUT2D eigenvalue weighted by Crippen LogP contribution is -2.31. The topological polar surface area (TPSA) is 55.8 Å². The Hall–Kier alpha value is -1.69. The Morgan fingerprint density at radius 1 is 1.17 bits per heavy atom. The molecule has 2 atom stereocenters. The van der Waals surface area contributed by atoms with Gasteiger partial charge >= 0.3 is 5.97 Å². The first-order valence-corrected chi connectivity index (χ1v) is 7.58. The number of carbonyl (C=O) groups excluding carboxylic acids is 1. The van der Waals surface area contributed by atoms with Crippen LogP contribution in [-0.4, -0.2) is 32.4 Å². The predicted molar refractivity (Wildman–Crippen MR) is 80.3 cm³/mol. The maximum atomic E-state index is 14.0. The molecule has 128 valence electrons. The van der Waals surface area contributed by atoms with E-state index < -0.39 is 22.5 Å². The van der Waals surface area contributed by atoms with Crippen molar-refractivity contribution in [3.05, 3.63) is 29.3 Å². The van der Waals surface area contributed by atoms with Crippen LogP contribution in [0.2, 0.25) is 0 Å². The lowest BCUT2D eigenvalue weighted by atomic mass is 9.75. The molecule has 0 amide bonds. The third kappa shape index (κ3) is 2.40. The third-order valence-electron chi connectivity index (χ3n) is 5.20. The zero-order valence-corrected chi connectivity index (χ0v) is 13.6. The van der Waals surface area contributed by atoms with E-state index in [0.29, 0.717) is 12.0 Å². The van der Waals surface area contributed by atoms with Crippen molar-refractivity contribution in [2.75, 3.05) is 21.3 Å². The fourth-order valence-electron chi connectivity index (χ4n) is 4.14. The molecule has 2 saturated carbocycles. The molecular weight excluding hydrogens is 306 g/mol. The number of methoxy groups -OCH3 is 2. The number of aliphatic hydroxyl groups excluding tert-OH is 1. The Morgan fingerprint density at radius 2 is 1.83 bits per heavy atom. The van der Waals surface area contributed by atoms with Crippen LogP contribution in [0.3, 0.4) is 0 Å². The Balaban J connectivity index is 0.000000924. The second kappa shape index (κ2) is 6.43. The molecule has 2 aliphatic carbocycles. The number of aliphatic hydroxyl groups is 1. The van der Waals surface area contributed by atoms with Gasteiger partial charge in [-0.2, -0.15) is 4.39 Å². The highest BCUT2D eigenvalue weighted by Crippen LogP contribution is 2.73. The van der Waals surface area contributed by atoms with Gasteiger partial charge in [0.05, 0.1) is 19.6 Å². The summed E-state index contributed by atoms with van der Waals surface area (Å²) in [5.74, 6) is -2.26. The van der Waals surface area contributed by atoms with Gasteiger partial charge in [0.1, 0.15) is 0 Å². The first-order valence-electron chi connectivity index (χ1n) is 7.58. The van der Waals surface area contributed by atoms with Crippen LogP contribution in [0.15, 0.2) is 12.1 Å². The van der Waals surface area contributed by atoms with E-state index in [1.807, 2.05) is 0 Å². The molecule has 23 heavy (non-hydrogen) atoms. The summed E-state index contributed by atoms with van der Waals surface area (Å²) < 4.78 is 37.5. The molecule has 1 N–H and O–H groups in total. The summed E-state index contributed by atoms with van der Waals surface area (Å²) >= 11 is 0. The predicted octanol–water partition coefficient (Wildman–Crippen LogP) is 2.96. The van der Waals surface area contributed by atoms with Crippen molar-refractivity contribution >= 4 is 5.97 Å². The van der Waals surface area contributed by atoms with E-state index in [2.05, 4.69) is 0 Å². The molecule has 0 bridgehead atoms. The summed E-state index contributed by atoms with van der Waals surface area (Å²) in [6.45, 7) is 0. The summed E-state index contributed by atoms with van der Waals surface area (Å²) in [6.07, 6.45) is 4.02. The molecule has 1 aromatic rings. The molecule has 0 radical (unpaired) electrons. The lowest BCUT2D eigenvalue weighted by molar-refractivity contribution is -0.149. The molecule has 4 nitrogen and oxygen atoms in total. The minimum absolute atomic E-state index is 0.0809. The van der Waals surface area contributed by atoms with Crippen molar-refractivity contribution in [3.8, 4) is 5.75 Å². The van der Waals surface area contributed by atoms with Gasteiger partial charge in [0.2, 0.25) is 5.82 Å². The molecule has 0 aromatic heterocycles. The third-order valence-corrected chi connectivity index (χ3v) is 5.20. The van der Waals surface area contributed by atoms with Gasteiger partial charge in [-0.1, -0.05) is 18.9 Å². The number of halogens is 2. The van der Waals surface area contributed by atoms with Crippen LogP contribution in [0.4, 0.5) is 8.78 Å². The quantitative estimate of drug-likeness (QED) is 0.867. The second-order valence-electron chi connectivity index (χ2n) is 5.98. The molecule has 6 heteroatoms. The fourth-order valence-corrected chi connectivity index (χ4v) is 4.14. The number of hydrogen-bond donors (Lipinski definition) is 1. The highest BCUT2D eigenvalue weighted by Gasteiger charge is 2.74. The summed E-state index contributed by atoms with van der Waals surface area (Å²) in [7, 11) is 3.69. The van der Waals surface area contributed by atoms with Gasteiger partial charge in [-0.25, -0.2) is 4.39 Å². The van der Waals surface area contributed by atoms with Crippen LogP contribution in [0, 0.1) is 17.0 Å². The summed E-state index contributed by atoms with van der Waals surface area (Å²) in [5.41, 5.74) is -0.482. The average molecular weight is 328 g/mol. The normalized spacial score (nSPS) is 28.1. The first-order chi connectivity index (χ1) is 11.0. The molecule has 2 aliphatic rings. The van der Waals surface area contributed by atoms with Gasteiger partial charge in [0.15, 0.2) is 11.6 Å². The largest absolute Gasteiger partial charge is 0.493 e. The zero-order valence-electron chi connectivity index (χ0n) is 13.6. The van der Waals surface area contributed by atoms with Gasteiger partial charge in [-0.05, 0) is 25.3 Å². The van der Waals surface area contributed by atoms with E-state index in [0.717, 1.165) is 38.9 Å². The molecule has 2 unspecified atom stereocenters. The van der Waals surface area contributed by atoms with E-state index >= 15 is 0 Å². The number of esters is 1. The maximum absolute atomic E-state index is 14.0. The molecule has 0 saturated heterocycles. The molecule has 3 rings (SSSR count). The lowest BCUT2D eigenvalue weighted by Gasteiger charge is -2.30. The van der Waals surface area contributed by atoms with Gasteiger partial charge < -0.3 is 14.6 Å². The average Bonchev–Trinajstić information content (AvgIpc) is 3.29. The van der Waals surface area contributed by atoms with E-state index in [-0.39, 0.29) is 11.7 Å². The number of hydrogen-bond acceptors (Lipinski definition) is 4. The zero-order chi connectivity index (χ0) is 17.3. The molecule has 1 aromatic carbocycles. The Morgan fingerprint density at radius 3 is 2.43 bits per heavy atom. The Labute approximate surface area is 134 Å². The highest BCUT2D eigenvalue weighted by atomic mass is 19.2. The standard InChI is InChI=1S/C16H18F2O3.CH4O/c1-20-13-10(5-6-11(17)12(13)18)15-7-3-4-8-16(15,9-15)14(19)21-2;1-2/h5-6H,3-4,7-9H2,1-2H3;2H,1H3. The van der Waals surface area contributed by atoms with Gasteiger partial charge in [-0.15, -0.1) is 0 Å². The van der Waals surface area contributed by atoms with E-state index in [9.17, 15) is 13.6 Å². The second-order valence-corrected chi connectivity index (χ2v) is 5.98. The van der Waals surface area contributed by atoms with Crippen LogP contribution in [0.25, 0.3) is 0 Å². The van der Waals surface area contributed by atoms with Crippen LogP contribution < -0.4 is 4.74 Å². The SMILES string of the molecule is CO.COC(=O)C12CCCCC1(c1ccc(F)c(F)c1OC)C2. The van der Waals surface area contributed by atoms with E-state index in [1.54, 1.807) is 6.07 Å². The number of rotatable bonds is 3.